The van der Waals surface area contributed by atoms with Gasteiger partial charge < -0.3 is 19.9 Å². The molecule has 4 rings (SSSR count). The van der Waals surface area contributed by atoms with Crippen LogP contribution in [0.2, 0.25) is 0 Å². The normalized spacial score (nSPS) is 20.3. The molecule has 2 aliphatic rings. The van der Waals surface area contributed by atoms with Gasteiger partial charge in [0.05, 0.1) is 23.5 Å². The Balaban J connectivity index is 1.59. The lowest BCUT2D eigenvalue weighted by molar-refractivity contribution is -0.152. The van der Waals surface area contributed by atoms with Crippen LogP contribution >= 0.6 is 0 Å². The molecule has 0 aliphatic carbocycles. The molecule has 2 saturated heterocycles. The van der Waals surface area contributed by atoms with Crippen molar-refractivity contribution in [3.05, 3.63) is 54.1 Å². The molecule has 16 heteroatoms. The second-order valence-corrected chi connectivity index (χ2v) is 12.6. The summed E-state index contributed by atoms with van der Waals surface area (Å²) >= 11 is 0. The quantitative estimate of drug-likeness (QED) is 0.423. The lowest BCUT2D eigenvalue weighted by Crippen LogP contribution is -2.64. The van der Waals surface area contributed by atoms with Crippen LogP contribution in [-0.2, 0) is 25.8 Å². The van der Waals surface area contributed by atoms with E-state index in [1.807, 2.05) is 11.0 Å². The number of halogens is 6. The van der Waals surface area contributed by atoms with Crippen LogP contribution in [-0.4, -0.2) is 86.2 Å². The number of alkyl halides is 6. The SMILES string of the molecule is CCC(=O)Nc1ccccc1N1CCN(C(=O)C2(Oc3ccc(C(F)(F)F)cc3)CCCN(S(=O)(=O)CC(F)(F)F)C2)CC1. The van der Waals surface area contributed by atoms with Gasteiger partial charge in [0, 0.05) is 39.1 Å². The van der Waals surface area contributed by atoms with Gasteiger partial charge in [0.25, 0.3) is 5.91 Å². The predicted molar refractivity (Wildman–Crippen MR) is 150 cm³/mol. The van der Waals surface area contributed by atoms with Crippen LogP contribution in [0.3, 0.4) is 0 Å². The first-order valence-electron chi connectivity index (χ1n) is 13.9. The molecule has 0 spiro atoms. The number of nitrogens with one attached hydrogen (secondary N) is 1. The van der Waals surface area contributed by atoms with Gasteiger partial charge in [-0.3, -0.25) is 9.59 Å². The Morgan fingerprint density at radius 1 is 0.932 bits per heavy atom. The van der Waals surface area contributed by atoms with E-state index < -0.39 is 51.7 Å². The number of ether oxygens (including phenoxy) is 1. The largest absolute Gasteiger partial charge is 0.476 e. The standard InChI is InChI=1S/C28H32F6N4O5S/c1-2-24(39)35-22-6-3-4-7-23(22)36-14-16-37(17-15-36)25(40)26(43-21-10-8-20(9-11-21)28(32,33)34)12-5-13-38(18-26)44(41,42)19-27(29,30)31/h3-4,6-11H,2,5,12-19H2,1H3,(H,35,39). The molecular weight excluding hydrogens is 618 g/mol. The number of piperazine rings is 1. The highest BCUT2D eigenvalue weighted by molar-refractivity contribution is 7.89. The molecule has 2 fully saturated rings. The van der Waals surface area contributed by atoms with E-state index >= 15 is 0 Å². The molecule has 2 amide bonds. The zero-order chi connectivity index (χ0) is 32.3. The summed E-state index contributed by atoms with van der Waals surface area (Å²) in [7, 11) is -4.89. The van der Waals surface area contributed by atoms with Gasteiger partial charge in [-0.1, -0.05) is 19.1 Å². The van der Waals surface area contributed by atoms with Gasteiger partial charge in [-0.2, -0.15) is 30.6 Å². The van der Waals surface area contributed by atoms with Crippen LogP contribution in [0, 0.1) is 0 Å². The van der Waals surface area contributed by atoms with Crippen molar-refractivity contribution in [3.63, 3.8) is 0 Å². The maximum Gasteiger partial charge on any atom is 0.416 e. The first-order chi connectivity index (χ1) is 20.5. The molecule has 0 aromatic heterocycles. The average molecular weight is 651 g/mol. The first-order valence-corrected chi connectivity index (χ1v) is 15.5. The van der Waals surface area contributed by atoms with Gasteiger partial charge in [0.15, 0.2) is 5.75 Å². The van der Waals surface area contributed by atoms with E-state index in [4.69, 9.17) is 4.74 Å². The monoisotopic (exact) mass is 650 g/mol. The highest BCUT2D eigenvalue weighted by atomic mass is 32.2. The lowest BCUT2D eigenvalue weighted by Gasteiger charge is -2.45. The van der Waals surface area contributed by atoms with Gasteiger partial charge in [-0.15, -0.1) is 0 Å². The maximum absolute atomic E-state index is 14.1. The second-order valence-electron chi connectivity index (χ2n) is 10.6. The Bertz CT molecular complexity index is 1440. The fraction of sp³-hybridized carbons (Fsp3) is 0.500. The number of hydrogen-bond acceptors (Lipinski definition) is 6. The van der Waals surface area contributed by atoms with Gasteiger partial charge in [0.2, 0.25) is 21.5 Å². The molecule has 242 valence electrons. The summed E-state index contributed by atoms with van der Waals surface area (Å²) in [6.07, 6.45) is -9.49. The van der Waals surface area contributed by atoms with Crippen molar-refractivity contribution >= 4 is 33.2 Å². The third-order valence-electron chi connectivity index (χ3n) is 7.45. The minimum absolute atomic E-state index is 0.0199. The molecule has 2 aromatic carbocycles. The van der Waals surface area contributed by atoms with Crippen molar-refractivity contribution in [2.75, 3.05) is 55.2 Å². The Hall–Kier alpha value is -3.53. The van der Waals surface area contributed by atoms with Crippen LogP contribution in [0.25, 0.3) is 0 Å². The summed E-state index contributed by atoms with van der Waals surface area (Å²) in [5, 5.41) is 2.83. The Labute approximate surface area is 250 Å². The van der Waals surface area contributed by atoms with Crippen LogP contribution in [0.1, 0.15) is 31.7 Å². The van der Waals surface area contributed by atoms with E-state index in [1.165, 1.54) is 4.90 Å². The number of para-hydroxylation sites is 2. The molecule has 2 aliphatic heterocycles. The number of carbonyl (C=O) groups excluding carboxylic acids is 2. The zero-order valence-electron chi connectivity index (χ0n) is 23.7. The third-order valence-corrected chi connectivity index (χ3v) is 9.24. The van der Waals surface area contributed by atoms with Crippen LogP contribution in [0.4, 0.5) is 37.7 Å². The molecule has 44 heavy (non-hydrogen) atoms. The molecular formula is C28H32F6N4O5S. The fourth-order valence-corrected chi connectivity index (χ4v) is 6.70. The van der Waals surface area contributed by atoms with E-state index in [0.29, 0.717) is 23.1 Å². The van der Waals surface area contributed by atoms with E-state index in [0.717, 1.165) is 30.0 Å². The fourth-order valence-electron chi connectivity index (χ4n) is 5.29. The van der Waals surface area contributed by atoms with Crippen LogP contribution in [0.15, 0.2) is 48.5 Å². The third kappa shape index (κ3) is 7.94. The molecule has 2 heterocycles. The summed E-state index contributed by atoms with van der Waals surface area (Å²) in [6.45, 7) is 1.56. The molecule has 0 bridgehead atoms. The summed E-state index contributed by atoms with van der Waals surface area (Å²) < 4.78 is 111. The van der Waals surface area contributed by atoms with E-state index in [1.54, 1.807) is 25.1 Å². The minimum atomic E-state index is -5.03. The average Bonchev–Trinajstić information content (AvgIpc) is 2.96. The van der Waals surface area contributed by atoms with Crippen molar-refractivity contribution in [1.29, 1.82) is 0 Å². The zero-order valence-corrected chi connectivity index (χ0v) is 24.6. The van der Waals surface area contributed by atoms with Gasteiger partial charge in [-0.25, -0.2) is 8.42 Å². The Kier molecular flexibility index (Phi) is 9.73. The van der Waals surface area contributed by atoms with E-state index in [9.17, 15) is 44.3 Å². The number of piperidine rings is 1. The topological polar surface area (TPSA) is 99.3 Å². The number of rotatable bonds is 8. The van der Waals surface area contributed by atoms with E-state index in [2.05, 4.69) is 5.32 Å². The molecule has 9 nitrogen and oxygen atoms in total. The van der Waals surface area contributed by atoms with E-state index in [-0.39, 0.29) is 50.6 Å². The molecule has 2 aromatic rings. The minimum Gasteiger partial charge on any atom is -0.476 e. The lowest BCUT2D eigenvalue weighted by atomic mass is 9.91. The highest BCUT2D eigenvalue weighted by Crippen LogP contribution is 2.36. The number of benzene rings is 2. The highest BCUT2D eigenvalue weighted by Gasteiger charge is 2.51. The van der Waals surface area contributed by atoms with Crippen LogP contribution in [0.5, 0.6) is 5.75 Å². The molecule has 1 N–H and O–H groups in total. The summed E-state index contributed by atoms with van der Waals surface area (Å²) in [4.78, 5) is 29.4. The number of amides is 2. The maximum atomic E-state index is 14.1. The molecule has 1 unspecified atom stereocenters. The Morgan fingerprint density at radius 2 is 1.57 bits per heavy atom. The van der Waals surface area contributed by atoms with Crippen molar-refractivity contribution in [2.24, 2.45) is 0 Å². The number of hydrogen-bond donors (Lipinski definition) is 1. The summed E-state index contributed by atoms with van der Waals surface area (Å²) in [5.41, 5.74) is -1.65. The second kappa shape index (κ2) is 12.8. The Morgan fingerprint density at radius 3 is 2.16 bits per heavy atom. The summed E-state index contributed by atoms with van der Waals surface area (Å²) in [5.74, 6) is -3.16. The van der Waals surface area contributed by atoms with Crippen molar-refractivity contribution < 1.29 is 49.1 Å². The summed E-state index contributed by atoms with van der Waals surface area (Å²) in [6, 6.07) is 10.6. The molecule has 0 radical (unpaired) electrons. The smallest absolute Gasteiger partial charge is 0.416 e. The number of anilines is 2. The first kappa shape index (κ1) is 33.4. The number of sulfonamides is 1. The number of nitrogens with zero attached hydrogens (tertiary/aromatic N) is 3. The molecule has 1 atom stereocenters. The van der Waals surface area contributed by atoms with Gasteiger partial charge in [0.1, 0.15) is 5.75 Å². The molecule has 0 saturated carbocycles. The number of carbonyl (C=O) groups is 2. The van der Waals surface area contributed by atoms with Gasteiger partial charge >= 0.3 is 12.4 Å². The van der Waals surface area contributed by atoms with Crippen molar-refractivity contribution in [3.8, 4) is 5.75 Å². The van der Waals surface area contributed by atoms with Gasteiger partial charge in [-0.05, 0) is 49.2 Å². The predicted octanol–water partition coefficient (Wildman–Crippen LogP) is 4.51. The van der Waals surface area contributed by atoms with Crippen molar-refractivity contribution in [1.82, 2.24) is 9.21 Å². The van der Waals surface area contributed by atoms with Crippen LogP contribution < -0.4 is 15.0 Å². The van der Waals surface area contributed by atoms with Crippen molar-refractivity contribution in [2.45, 2.75) is 44.1 Å².